The van der Waals surface area contributed by atoms with Crippen LogP contribution >= 0.6 is 0 Å². The van der Waals surface area contributed by atoms with Gasteiger partial charge in [0.2, 0.25) is 0 Å². The molecule has 0 radical (unpaired) electrons. The molecule has 2 unspecified atom stereocenters. The van der Waals surface area contributed by atoms with Gasteiger partial charge >= 0.3 is 12.0 Å². The van der Waals surface area contributed by atoms with E-state index in [1.807, 2.05) is 6.92 Å². The number of urea groups is 1. The molecule has 2 atom stereocenters. The summed E-state index contributed by atoms with van der Waals surface area (Å²) in [6.45, 7) is 5.05. The van der Waals surface area contributed by atoms with Crippen LogP contribution in [0.4, 0.5) is 4.79 Å². The van der Waals surface area contributed by atoms with Crippen LogP contribution in [0, 0.1) is 5.92 Å². The average molecular weight is 286 g/mol. The summed E-state index contributed by atoms with van der Waals surface area (Å²) >= 11 is 0. The molecule has 1 heterocycles. The number of carbonyl (C=O) groups is 2. The van der Waals surface area contributed by atoms with E-state index < -0.39 is 5.97 Å². The summed E-state index contributed by atoms with van der Waals surface area (Å²) in [6, 6.07) is 0.106. The van der Waals surface area contributed by atoms with Crippen molar-refractivity contribution in [3.8, 4) is 0 Å². The van der Waals surface area contributed by atoms with Crippen LogP contribution < -0.4 is 10.6 Å². The van der Waals surface area contributed by atoms with Gasteiger partial charge in [0.1, 0.15) is 0 Å². The minimum Gasteiger partial charge on any atom is -0.481 e. The molecule has 0 spiro atoms. The van der Waals surface area contributed by atoms with E-state index in [1.165, 1.54) is 0 Å². The first-order valence-electron chi connectivity index (χ1n) is 7.36. The third kappa shape index (κ3) is 6.75. The molecule has 2 amide bonds. The van der Waals surface area contributed by atoms with Crippen molar-refractivity contribution < 1.29 is 19.4 Å². The minimum absolute atomic E-state index is 0.0517. The Hall–Kier alpha value is -1.30. The number of carboxylic acids is 1. The van der Waals surface area contributed by atoms with Crippen LogP contribution in [-0.4, -0.2) is 42.4 Å². The van der Waals surface area contributed by atoms with Gasteiger partial charge in [-0.3, -0.25) is 4.79 Å². The SMILES string of the molecule is CC(CCCC(C)C(=O)O)NC(=O)NC1CCOCC1. The molecule has 20 heavy (non-hydrogen) atoms. The lowest BCUT2D eigenvalue weighted by Gasteiger charge is -2.24. The molecule has 1 saturated heterocycles. The van der Waals surface area contributed by atoms with Crippen LogP contribution in [0.15, 0.2) is 0 Å². The van der Waals surface area contributed by atoms with Gasteiger partial charge in [0.05, 0.1) is 5.92 Å². The van der Waals surface area contributed by atoms with Crippen molar-refractivity contribution in [1.29, 1.82) is 0 Å². The Kier molecular flexibility index (Phi) is 7.36. The zero-order valence-corrected chi connectivity index (χ0v) is 12.4. The zero-order valence-electron chi connectivity index (χ0n) is 12.4. The molecular formula is C14H26N2O4. The van der Waals surface area contributed by atoms with Crippen molar-refractivity contribution in [3.05, 3.63) is 0 Å². The highest BCUT2D eigenvalue weighted by atomic mass is 16.5. The number of aliphatic carboxylic acids is 1. The van der Waals surface area contributed by atoms with E-state index in [1.54, 1.807) is 6.92 Å². The van der Waals surface area contributed by atoms with Crippen LogP contribution in [0.1, 0.15) is 46.0 Å². The first kappa shape index (κ1) is 16.8. The second-order valence-corrected chi connectivity index (χ2v) is 5.58. The number of carboxylic acid groups (broad SMARTS) is 1. The predicted molar refractivity (Wildman–Crippen MR) is 75.6 cm³/mol. The Morgan fingerprint density at radius 2 is 1.90 bits per heavy atom. The van der Waals surface area contributed by atoms with Gasteiger partial charge in [-0.05, 0) is 32.6 Å². The third-order valence-corrected chi connectivity index (χ3v) is 3.63. The molecule has 6 nitrogen and oxygen atoms in total. The highest BCUT2D eigenvalue weighted by Gasteiger charge is 2.17. The van der Waals surface area contributed by atoms with E-state index in [2.05, 4.69) is 10.6 Å². The number of carbonyl (C=O) groups excluding carboxylic acids is 1. The van der Waals surface area contributed by atoms with Gasteiger partial charge in [-0.15, -0.1) is 0 Å². The quantitative estimate of drug-likeness (QED) is 0.665. The molecule has 6 heteroatoms. The van der Waals surface area contributed by atoms with Crippen molar-refractivity contribution >= 4 is 12.0 Å². The maximum atomic E-state index is 11.8. The molecule has 1 aliphatic rings. The van der Waals surface area contributed by atoms with Gasteiger partial charge in [-0.2, -0.15) is 0 Å². The second kappa shape index (κ2) is 8.79. The van der Waals surface area contributed by atoms with Gasteiger partial charge in [-0.25, -0.2) is 4.79 Å². The molecular weight excluding hydrogens is 260 g/mol. The zero-order chi connectivity index (χ0) is 15.0. The summed E-state index contributed by atoms with van der Waals surface area (Å²) < 4.78 is 5.24. The molecule has 3 N–H and O–H groups in total. The van der Waals surface area contributed by atoms with E-state index in [0.717, 1.165) is 25.7 Å². The summed E-state index contributed by atoms with van der Waals surface area (Å²) in [7, 11) is 0. The van der Waals surface area contributed by atoms with Crippen molar-refractivity contribution in [3.63, 3.8) is 0 Å². The molecule has 0 aromatic heterocycles. The van der Waals surface area contributed by atoms with E-state index in [9.17, 15) is 9.59 Å². The molecule has 1 aliphatic heterocycles. The fourth-order valence-corrected chi connectivity index (χ4v) is 2.22. The van der Waals surface area contributed by atoms with Crippen LogP contribution in [0.25, 0.3) is 0 Å². The van der Waals surface area contributed by atoms with Crippen LogP contribution in [0.2, 0.25) is 0 Å². The molecule has 0 bridgehead atoms. The van der Waals surface area contributed by atoms with Crippen LogP contribution in [0.5, 0.6) is 0 Å². The van der Waals surface area contributed by atoms with Gasteiger partial charge in [-0.1, -0.05) is 13.3 Å². The molecule has 116 valence electrons. The lowest BCUT2D eigenvalue weighted by Crippen LogP contribution is -2.47. The highest BCUT2D eigenvalue weighted by molar-refractivity contribution is 5.74. The lowest BCUT2D eigenvalue weighted by molar-refractivity contribution is -0.141. The van der Waals surface area contributed by atoms with Gasteiger partial charge in [0.25, 0.3) is 0 Å². The number of nitrogens with one attached hydrogen (secondary N) is 2. The van der Waals surface area contributed by atoms with Gasteiger partial charge in [0, 0.05) is 25.3 Å². The smallest absolute Gasteiger partial charge is 0.315 e. The average Bonchev–Trinajstić information content (AvgIpc) is 2.39. The van der Waals surface area contributed by atoms with Crippen molar-refractivity contribution in [2.75, 3.05) is 13.2 Å². The maximum absolute atomic E-state index is 11.8. The largest absolute Gasteiger partial charge is 0.481 e. The standard InChI is InChI=1S/C14H26N2O4/c1-10(13(17)18)4-3-5-11(2)15-14(19)16-12-6-8-20-9-7-12/h10-12H,3-9H2,1-2H3,(H,17,18)(H2,15,16,19). The first-order valence-corrected chi connectivity index (χ1v) is 7.36. The highest BCUT2D eigenvalue weighted by Crippen LogP contribution is 2.10. The molecule has 0 aromatic carbocycles. The van der Waals surface area contributed by atoms with Gasteiger partial charge in [0.15, 0.2) is 0 Å². The Balaban J connectivity index is 2.12. The number of ether oxygens (including phenoxy) is 1. The van der Waals surface area contributed by atoms with E-state index in [0.29, 0.717) is 19.6 Å². The van der Waals surface area contributed by atoms with E-state index in [-0.39, 0.29) is 24.0 Å². The van der Waals surface area contributed by atoms with Gasteiger partial charge < -0.3 is 20.5 Å². The summed E-state index contributed by atoms with van der Waals surface area (Å²) in [5.41, 5.74) is 0. The minimum atomic E-state index is -0.761. The van der Waals surface area contributed by atoms with Crippen molar-refractivity contribution in [1.82, 2.24) is 10.6 Å². The first-order chi connectivity index (χ1) is 9.49. The van der Waals surface area contributed by atoms with Crippen molar-refractivity contribution in [2.45, 2.75) is 58.0 Å². The molecule has 0 aliphatic carbocycles. The van der Waals surface area contributed by atoms with Crippen LogP contribution in [-0.2, 0) is 9.53 Å². The molecule has 0 saturated carbocycles. The summed E-state index contributed by atoms with van der Waals surface area (Å²) in [6.07, 6.45) is 3.95. The number of hydrogen-bond acceptors (Lipinski definition) is 3. The molecule has 0 aromatic rings. The summed E-state index contributed by atoms with van der Waals surface area (Å²) in [5, 5.41) is 14.6. The van der Waals surface area contributed by atoms with Crippen LogP contribution in [0.3, 0.4) is 0 Å². The topological polar surface area (TPSA) is 87.7 Å². The Labute approximate surface area is 120 Å². The summed E-state index contributed by atoms with van der Waals surface area (Å²) in [5.74, 6) is -1.08. The third-order valence-electron chi connectivity index (χ3n) is 3.63. The fourth-order valence-electron chi connectivity index (χ4n) is 2.22. The van der Waals surface area contributed by atoms with E-state index in [4.69, 9.17) is 9.84 Å². The number of hydrogen-bond donors (Lipinski definition) is 3. The lowest BCUT2D eigenvalue weighted by atomic mass is 10.0. The van der Waals surface area contributed by atoms with Crippen molar-refractivity contribution in [2.24, 2.45) is 5.92 Å². The Morgan fingerprint density at radius 1 is 1.25 bits per heavy atom. The Bertz CT molecular complexity index is 316. The number of rotatable bonds is 7. The van der Waals surface area contributed by atoms with E-state index >= 15 is 0 Å². The monoisotopic (exact) mass is 286 g/mol. The fraction of sp³-hybridized carbons (Fsp3) is 0.857. The normalized spacial score (nSPS) is 19.1. The number of amides is 2. The molecule has 1 rings (SSSR count). The summed E-state index contributed by atoms with van der Waals surface area (Å²) in [4.78, 5) is 22.5. The second-order valence-electron chi connectivity index (χ2n) is 5.58. The maximum Gasteiger partial charge on any atom is 0.315 e. The predicted octanol–water partition coefficient (Wildman–Crippen LogP) is 1.74. The Morgan fingerprint density at radius 3 is 2.50 bits per heavy atom. The molecule has 1 fully saturated rings.